The SMILES string of the molecule is CCCc1conc1Br. The highest BCUT2D eigenvalue weighted by molar-refractivity contribution is 9.10. The van der Waals surface area contributed by atoms with Gasteiger partial charge in [0.15, 0.2) is 4.60 Å². The van der Waals surface area contributed by atoms with Crippen LogP contribution < -0.4 is 0 Å². The molecule has 0 atom stereocenters. The van der Waals surface area contributed by atoms with Gasteiger partial charge in [0.1, 0.15) is 6.26 Å². The Labute approximate surface area is 62.4 Å². The van der Waals surface area contributed by atoms with Gasteiger partial charge in [-0.1, -0.05) is 18.5 Å². The van der Waals surface area contributed by atoms with Gasteiger partial charge in [-0.3, -0.25) is 0 Å². The number of rotatable bonds is 2. The van der Waals surface area contributed by atoms with Crippen LogP contribution in [0.1, 0.15) is 18.9 Å². The summed E-state index contributed by atoms with van der Waals surface area (Å²) in [4.78, 5) is 0. The van der Waals surface area contributed by atoms with E-state index in [1.54, 1.807) is 6.26 Å². The summed E-state index contributed by atoms with van der Waals surface area (Å²) in [6.07, 6.45) is 3.83. The Balaban J connectivity index is 2.69. The fourth-order valence-electron chi connectivity index (χ4n) is 0.675. The molecule has 1 rings (SSSR count). The molecule has 0 bridgehead atoms. The van der Waals surface area contributed by atoms with Crippen molar-refractivity contribution >= 4 is 15.9 Å². The molecule has 1 aromatic heterocycles. The largest absolute Gasteiger partial charge is 0.363 e. The minimum Gasteiger partial charge on any atom is -0.363 e. The molecule has 0 fully saturated rings. The summed E-state index contributed by atoms with van der Waals surface area (Å²) in [6.45, 7) is 2.12. The van der Waals surface area contributed by atoms with Gasteiger partial charge in [0.2, 0.25) is 0 Å². The molecule has 0 aromatic carbocycles. The van der Waals surface area contributed by atoms with E-state index >= 15 is 0 Å². The fraction of sp³-hybridized carbons (Fsp3) is 0.500. The monoisotopic (exact) mass is 189 g/mol. The molecule has 0 aliphatic carbocycles. The lowest BCUT2D eigenvalue weighted by molar-refractivity contribution is 0.415. The van der Waals surface area contributed by atoms with Gasteiger partial charge in [-0.05, 0) is 22.4 Å². The van der Waals surface area contributed by atoms with Crippen LogP contribution in [-0.4, -0.2) is 5.16 Å². The number of aromatic nitrogens is 1. The van der Waals surface area contributed by atoms with E-state index in [-0.39, 0.29) is 0 Å². The summed E-state index contributed by atoms with van der Waals surface area (Å²) in [5.74, 6) is 0. The van der Waals surface area contributed by atoms with Crippen molar-refractivity contribution in [3.63, 3.8) is 0 Å². The van der Waals surface area contributed by atoms with E-state index in [2.05, 4.69) is 28.0 Å². The van der Waals surface area contributed by atoms with Crippen LogP contribution in [0.5, 0.6) is 0 Å². The van der Waals surface area contributed by atoms with Crippen molar-refractivity contribution in [2.45, 2.75) is 19.8 Å². The minimum absolute atomic E-state index is 0.837. The first-order valence-corrected chi connectivity index (χ1v) is 3.72. The Kier molecular flexibility index (Phi) is 2.28. The summed E-state index contributed by atoms with van der Waals surface area (Å²) < 4.78 is 5.54. The molecule has 0 radical (unpaired) electrons. The molecule has 1 aromatic rings. The second kappa shape index (κ2) is 3.01. The van der Waals surface area contributed by atoms with Gasteiger partial charge in [-0.15, -0.1) is 0 Å². The van der Waals surface area contributed by atoms with Gasteiger partial charge in [-0.25, -0.2) is 0 Å². The highest BCUT2D eigenvalue weighted by atomic mass is 79.9. The van der Waals surface area contributed by atoms with Crippen molar-refractivity contribution < 1.29 is 4.52 Å². The first-order chi connectivity index (χ1) is 4.34. The molecule has 0 saturated carbocycles. The van der Waals surface area contributed by atoms with Gasteiger partial charge < -0.3 is 4.52 Å². The Hall–Kier alpha value is -0.310. The van der Waals surface area contributed by atoms with E-state index in [1.165, 1.54) is 0 Å². The Bertz CT molecular complexity index is 185. The van der Waals surface area contributed by atoms with E-state index in [4.69, 9.17) is 4.52 Å². The fourth-order valence-corrected chi connectivity index (χ4v) is 1.05. The molecule has 2 nitrogen and oxygen atoms in total. The molecule has 3 heteroatoms. The van der Waals surface area contributed by atoms with E-state index in [0.29, 0.717) is 0 Å². The third-order valence-corrected chi connectivity index (χ3v) is 1.77. The molecular weight excluding hydrogens is 182 g/mol. The standard InChI is InChI=1S/C6H8BrNO/c1-2-3-5-4-9-8-6(5)7/h4H,2-3H2,1H3. The zero-order chi connectivity index (χ0) is 6.69. The van der Waals surface area contributed by atoms with Crippen molar-refractivity contribution in [2.75, 3.05) is 0 Å². The number of hydrogen-bond acceptors (Lipinski definition) is 2. The smallest absolute Gasteiger partial charge is 0.152 e. The van der Waals surface area contributed by atoms with Gasteiger partial charge in [0.25, 0.3) is 0 Å². The van der Waals surface area contributed by atoms with Crippen LogP contribution in [0.25, 0.3) is 0 Å². The molecule has 0 saturated heterocycles. The van der Waals surface area contributed by atoms with Crippen molar-refractivity contribution in [1.29, 1.82) is 0 Å². The summed E-state index contributed by atoms with van der Waals surface area (Å²) in [5, 5.41) is 3.68. The van der Waals surface area contributed by atoms with Crippen molar-refractivity contribution in [3.8, 4) is 0 Å². The quantitative estimate of drug-likeness (QED) is 0.715. The zero-order valence-corrected chi connectivity index (χ0v) is 6.81. The predicted molar refractivity (Wildman–Crippen MR) is 38.2 cm³/mol. The second-order valence-corrected chi connectivity index (χ2v) is 2.63. The Morgan fingerprint density at radius 3 is 3.00 bits per heavy atom. The summed E-state index contributed by atoms with van der Waals surface area (Å²) in [5.41, 5.74) is 1.15. The molecule has 50 valence electrons. The third-order valence-electron chi connectivity index (χ3n) is 1.11. The van der Waals surface area contributed by atoms with Crippen LogP contribution in [0.15, 0.2) is 15.4 Å². The number of nitrogens with zero attached hydrogens (tertiary/aromatic N) is 1. The van der Waals surface area contributed by atoms with Crippen LogP contribution in [0.4, 0.5) is 0 Å². The zero-order valence-electron chi connectivity index (χ0n) is 5.22. The van der Waals surface area contributed by atoms with Crippen LogP contribution in [-0.2, 0) is 6.42 Å². The lowest BCUT2D eigenvalue weighted by atomic mass is 10.2. The van der Waals surface area contributed by atoms with Crippen LogP contribution in [0.2, 0.25) is 0 Å². The maximum absolute atomic E-state index is 4.70. The lowest BCUT2D eigenvalue weighted by Gasteiger charge is -1.87. The molecule has 0 aliphatic heterocycles. The minimum atomic E-state index is 0.837. The molecule has 0 amide bonds. The number of hydrogen-bond donors (Lipinski definition) is 0. The van der Waals surface area contributed by atoms with Gasteiger partial charge >= 0.3 is 0 Å². The molecule has 0 spiro atoms. The number of halogens is 1. The van der Waals surface area contributed by atoms with Crippen molar-refractivity contribution in [3.05, 3.63) is 16.4 Å². The molecule has 0 unspecified atom stereocenters. The first kappa shape index (κ1) is 6.81. The topological polar surface area (TPSA) is 26.0 Å². The summed E-state index contributed by atoms with van der Waals surface area (Å²) in [6, 6.07) is 0. The van der Waals surface area contributed by atoms with Crippen LogP contribution in [0, 0.1) is 0 Å². The highest BCUT2D eigenvalue weighted by Gasteiger charge is 2.00. The van der Waals surface area contributed by atoms with E-state index in [9.17, 15) is 0 Å². The first-order valence-electron chi connectivity index (χ1n) is 2.93. The molecule has 9 heavy (non-hydrogen) atoms. The van der Waals surface area contributed by atoms with E-state index < -0.39 is 0 Å². The Morgan fingerprint density at radius 2 is 2.56 bits per heavy atom. The second-order valence-electron chi connectivity index (χ2n) is 1.88. The van der Waals surface area contributed by atoms with Crippen LogP contribution in [0.3, 0.4) is 0 Å². The Morgan fingerprint density at radius 1 is 1.78 bits per heavy atom. The molecule has 1 heterocycles. The van der Waals surface area contributed by atoms with Crippen LogP contribution >= 0.6 is 15.9 Å². The maximum atomic E-state index is 4.70. The average Bonchev–Trinajstić information content (AvgIpc) is 2.18. The predicted octanol–water partition coefficient (Wildman–Crippen LogP) is 2.39. The van der Waals surface area contributed by atoms with E-state index in [0.717, 1.165) is 23.0 Å². The summed E-state index contributed by atoms with van der Waals surface area (Å²) in [7, 11) is 0. The normalized spacial score (nSPS) is 10.0. The molecule has 0 N–H and O–H groups in total. The van der Waals surface area contributed by atoms with Gasteiger partial charge in [-0.2, -0.15) is 0 Å². The maximum Gasteiger partial charge on any atom is 0.152 e. The third kappa shape index (κ3) is 1.55. The van der Waals surface area contributed by atoms with Gasteiger partial charge in [0.05, 0.1) is 0 Å². The highest BCUT2D eigenvalue weighted by Crippen LogP contribution is 2.14. The van der Waals surface area contributed by atoms with Crippen molar-refractivity contribution in [2.24, 2.45) is 0 Å². The molecule has 0 aliphatic rings. The molecular formula is C6H8BrNO. The average molecular weight is 190 g/mol. The number of aryl methyl sites for hydroxylation is 1. The lowest BCUT2D eigenvalue weighted by Crippen LogP contribution is -1.78. The summed E-state index contributed by atoms with van der Waals surface area (Å²) >= 11 is 3.26. The van der Waals surface area contributed by atoms with Gasteiger partial charge in [0, 0.05) is 5.56 Å². The van der Waals surface area contributed by atoms with Crippen molar-refractivity contribution in [1.82, 2.24) is 5.16 Å². The van der Waals surface area contributed by atoms with E-state index in [1.807, 2.05) is 0 Å².